The zero-order chi connectivity index (χ0) is 12.7. The van der Waals surface area contributed by atoms with E-state index in [4.69, 9.17) is 5.84 Å². The molecule has 3 N–H and O–H groups in total. The molecule has 0 spiro atoms. The molecule has 0 saturated heterocycles. The number of rotatable bonds is 4. The molecule has 0 aliphatic carbocycles. The number of unbranched alkanes of at least 4 members (excludes halogenated alkanes) is 1. The molecule has 0 bridgehead atoms. The zero-order valence-corrected chi connectivity index (χ0v) is 9.85. The minimum absolute atomic E-state index is 0.507. The average molecular weight is 235 g/mol. The summed E-state index contributed by atoms with van der Waals surface area (Å²) in [7, 11) is 0. The number of carbonyl (C=O) groups is 2. The van der Waals surface area contributed by atoms with Crippen molar-refractivity contribution < 1.29 is 9.59 Å². The van der Waals surface area contributed by atoms with Crippen molar-refractivity contribution in [3.05, 3.63) is 30.3 Å². The van der Waals surface area contributed by atoms with E-state index in [1.807, 2.05) is 30.5 Å². The molecule has 5 nitrogen and oxygen atoms in total. The van der Waals surface area contributed by atoms with Crippen molar-refractivity contribution in [2.24, 2.45) is 5.84 Å². The molecule has 0 radical (unpaired) electrons. The average Bonchev–Trinajstić information content (AvgIpc) is 2.39. The number of benzene rings is 1. The first kappa shape index (κ1) is 13.2. The molecule has 1 rings (SSSR count). The van der Waals surface area contributed by atoms with Crippen LogP contribution >= 0.6 is 0 Å². The first-order valence-corrected chi connectivity index (χ1v) is 5.58. The van der Waals surface area contributed by atoms with E-state index in [-0.39, 0.29) is 0 Å². The first-order chi connectivity index (χ1) is 8.20. The van der Waals surface area contributed by atoms with Gasteiger partial charge in [-0.1, -0.05) is 31.5 Å². The van der Waals surface area contributed by atoms with Gasteiger partial charge in [0.15, 0.2) is 0 Å². The minimum Gasteiger partial charge on any atom is -0.304 e. The highest BCUT2D eigenvalue weighted by molar-refractivity contribution is 6.40. The van der Waals surface area contributed by atoms with Crippen LogP contribution < -0.4 is 16.2 Å². The van der Waals surface area contributed by atoms with E-state index < -0.39 is 11.8 Å². The monoisotopic (exact) mass is 235 g/mol. The number of carbonyl (C=O) groups excluding carboxylic acids is 2. The first-order valence-electron chi connectivity index (χ1n) is 5.58. The Morgan fingerprint density at radius 2 is 1.94 bits per heavy atom. The van der Waals surface area contributed by atoms with Crippen LogP contribution in [0.4, 0.5) is 5.69 Å². The van der Waals surface area contributed by atoms with Crippen molar-refractivity contribution >= 4 is 17.5 Å². The molecule has 1 aromatic rings. The van der Waals surface area contributed by atoms with Gasteiger partial charge in [0.2, 0.25) is 0 Å². The number of nitrogens with two attached hydrogens (primary N) is 1. The molecule has 0 aromatic heterocycles. The third-order valence-corrected chi connectivity index (χ3v) is 2.37. The number of para-hydroxylation sites is 1. The molecule has 0 unspecified atom stereocenters. The Hall–Kier alpha value is -1.88. The van der Waals surface area contributed by atoms with Gasteiger partial charge in [0.1, 0.15) is 0 Å². The van der Waals surface area contributed by atoms with Gasteiger partial charge >= 0.3 is 11.8 Å². The summed E-state index contributed by atoms with van der Waals surface area (Å²) in [5, 5.41) is 0. The van der Waals surface area contributed by atoms with Gasteiger partial charge in [-0.3, -0.25) is 15.0 Å². The van der Waals surface area contributed by atoms with E-state index in [0.717, 1.165) is 12.8 Å². The van der Waals surface area contributed by atoms with E-state index >= 15 is 0 Å². The maximum Gasteiger partial charge on any atom is 0.323 e. The number of hydrogen-bond acceptors (Lipinski definition) is 3. The van der Waals surface area contributed by atoms with Crippen LogP contribution in [0.5, 0.6) is 0 Å². The fraction of sp³-hybridized carbons (Fsp3) is 0.333. The van der Waals surface area contributed by atoms with Crippen LogP contribution in [-0.4, -0.2) is 18.4 Å². The number of amides is 2. The lowest BCUT2D eigenvalue weighted by Gasteiger charge is -2.21. The SMILES string of the molecule is CCCCN(C(=O)C(=O)NN)c1ccccc1. The number of nitrogens with one attached hydrogen (secondary N) is 1. The summed E-state index contributed by atoms with van der Waals surface area (Å²) in [5.74, 6) is 3.54. The lowest BCUT2D eigenvalue weighted by molar-refractivity contribution is -0.137. The van der Waals surface area contributed by atoms with Crippen LogP contribution in [0.1, 0.15) is 19.8 Å². The second kappa shape index (κ2) is 6.65. The summed E-state index contributed by atoms with van der Waals surface area (Å²) < 4.78 is 0. The predicted molar refractivity (Wildman–Crippen MR) is 66.0 cm³/mol. The maximum absolute atomic E-state index is 11.8. The third kappa shape index (κ3) is 3.57. The lowest BCUT2D eigenvalue weighted by Crippen LogP contribution is -2.46. The smallest absolute Gasteiger partial charge is 0.304 e. The number of hydrazine groups is 1. The minimum atomic E-state index is -0.801. The Morgan fingerprint density at radius 3 is 2.47 bits per heavy atom. The van der Waals surface area contributed by atoms with Gasteiger partial charge in [-0.2, -0.15) is 0 Å². The van der Waals surface area contributed by atoms with E-state index in [0.29, 0.717) is 12.2 Å². The van der Waals surface area contributed by atoms with Crippen molar-refractivity contribution in [1.29, 1.82) is 0 Å². The molecule has 0 aliphatic rings. The Bertz CT molecular complexity index is 379. The lowest BCUT2D eigenvalue weighted by atomic mass is 10.2. The van der Waals surface area contributed by atoms with Crippen molar-refractivity contribution in [3.63, 3.8) is 0 Å². The number of anilines is 1. The van der Waals surface area contributed by atoms with E-state index in [1.54, 1.807) is 12.1 Å². The molecule has 0 saturated carbocycles. The Morgan fingerprint density at radius 1 is 1.29 bits per heavy atom. The van der Waals surface area contributed by atoms with Gasteiger partial charge in [-0.25, -0.2) is 5.84 Å². The molecular formula is C12H17N3O2. The normalized spacial score (nSPS) is 9.76. The van der Waals surface area contributed by atoms with Crippen molar-refractivity contribution in [3.8, 4) is 0 Å². The summed E-state index contributed by atoms with van der Waals surface area (Å²) in [6, 6.07) is 9.08. The second-order valence-corrected chi connectivity index (χ2v) is 3.62. The highest BCUT2D eigenvalue weighted by Crippen LogP contribution is 2.14. The van der Waals surface area contributed by atoms with Gasteiger partial charge in [-0.05, 0) is 18.6 Å². The van der Waals surface area contributed by atoms with Gasteiger partial charge in [-0.15, -0.1) is 0 Å². The predicted octanol–water partition coefficient (Wildman–Crippen LogP) is 0.810. The Kier molecular flexibility index (Phi) is 5.16. The largest absolute Gasteiger partial charge is 0.323 e. The molecule has 5 heteroatoms. The van der Waals surface area contributed by atoms with Crippen LogP contribution in [0.15, 0.2) is 30.3 Å². The van der Waals surface area contributed by atoms with Crippen LogP contribution in [0.25, 0.3) is 0 Å². The van der Waals surface area contributed by atoms with E-state index in [2.05, 4.69) is 0 Å². The van der Waals surface area contributed by atoms with Crippen molar-refractivity contribution in [2.75, 3.05) is 11.4 Å². The fourth-order valence-corrected chi connectivity index (χ4v) is 1.46. The molecule has 92 valence electrons. The topological polar surface area (TPSA) is 75.4 Å². The molecule has 0 atom stereocenters. The second-order valence-electron chi connectivity index (χ2n) is 3.62. The third-order valence-electron chi connectivity index (χ3n) is 2.37. The van der Waals surface area contributed by atoms with Crippen molar-refractivity contribution in [1.82, 2.24) is 5.43 Å². The highest BCUT2D eigenvalue weighted by atomic mass is 16.2. The number of nitrogens with zero attached hydrogens (tertiary/aromatic N) is 1. The van der Waals surface area contributed by atoms with Gasteiger partial charge < -0.3 is 4.90 Å². The highest BCUT2D eigenvalue weighted by Gasteiger charge is 2.21. The number of hydrogen-bond donors (Lipinski definition) is 2. The van der Waals surface area contributed by atoms with Crippen LogP contribution in [0.2, 0.25) is 0 Å². The van der Waals surface area contributed by atoms with E-state index in [9.17, 15) is 9.59 Å². The Labute approximate surface area is 101 Å². The molecule has 0 aliphatic heterocycles. The van der Waals surface area contributed by atoms with Crippen LogP contribution in [0, 0.1) is 0 Å². The summed E-state index contributed by atoms with van der Waals surface area (Å²) in [5.41, 5.74) is 2.56. The summed E-state index contributed by atoms with van der Waals surface area (Å²) in [6.45, 7) is 2.53. The van der Waals surface area contributed by atoms with Crippen molar-refractivity contribution in [2.45, 2.75) is 19.8 Å². The quantitative estimate of drug-likeness (QED) is 0.351. The van der Waals surface area contributed by atoms with Crippen LogP contribution in [0.3, 0.4) is 0 Å². The van der Waals surface area contributed by atoms with Gasteiger partial charge in [0.05, 0.1) is 0 Å². The summed E-state index contributed by atoms with van der Waals surface area (Å²) >= 11 is 0. The molecule has 0 heterocycles. The summed E-state index contributed by atoms with van der Waals surface area (Å²) in [4.78, 5) is 24.5. The molecular weight excluding hydrogens is 218 g/mol. The van der Waals surface area contributed by atoms with Crippen LogP contribution in [-0.2, 0) is 9.59 Å². The zero-order valence-electron chi connectivity index (χ0n) is 9.85. The summed E-state index contributed by atoms with van der Waals surface area (Å²) in [6.07, 6.45) is 1.78. The van der Waals surface area contributed by atoms with Gasteiger partial charge in [0, 0.05) is 12.2 Å². The Balaban J connectivity index is 2.88. The molecule has 1 aromatic carbocycles. The molecule has 2 amide bonds. The van der Waals surface area contributed by atoms with Gasteiger partial charge in [0.25, 0.3) is 0 Å². The standard InChI is InChI=1S/C12H17N3O2/c1-2-3-9-15(12(17)11(16)14-13)10-7-5-4-6-8-10/h4-8H,2-3,9,13H2,1H3,(H,14,16). The molecule has 0 fully saturated rings. The molecule has 17 heavy (non-hydrogen) atoms. The van der Waals surface area contributed by atoms with E-state index in [1.165, 1.54) is 4.90 Å². The fourth-order valence-electron chi connectivity index (χ4n) is 1.46. The maximum atomic E-state index is 11.8.